The summed E-state index contributed by atoms with van der Waals surface area (Å²) in [6.45, 7) is 1.65. The number of rotatable bonds is 2. The molecule has 2 amide bonds. The number of hydrogen-bond acceptors (Lipinski definition) is 3. The fraction of sp³-hybridized carbons (Fsp3) is 0.429. The lowest BCUT2D eigenvalue weighted by atomic mass is 10.2. The summed E-state index contributed by atoms with van der Waals surface area (Å²) in [6.07, 6.45) is 3.15. The molecule has 1 unspecified atom stereocenters. The van der Waals surface area contributed by atoms with Crippen LogP contribution in [-0.4, -0.2) is 25.9 Å². The molecule has 1 atom stereocenters. The Bertz CT molecular complexity index is 309. The summed E-state index contributed by atoms with van der Waals surface area (Å²) in [6, 6.07) is -1.38. The molecule has 0 saturated carbocycles. The molecule has 13 heavy (non-hydrogen) atoms. The Balaban J connectivity index is 2.85. The first kappa shape index (κ1) is 9.53. The van der Waals surface area contributed by atoms with Crippen molar-refractivity contribution in [2.45, 2.75) is 13.0 Å². The quantitative estimate of drug-likeness (QED) is 0.510. The lowest BCUT2D eigenvalue weighted by Crippen LogP contribution is -2.35. The first-order valence-electron chi connectivity index (χ1n) is 3.77. The van der Waals surface area contributed by atoms with Gasteiger partial charge in [-0.1, -0.05) is 0 Å². The molecule has 0 radical (unpaired) electrons. The van der Waals surface area contributed by atoms with Crippen LogP contribution in [0.1, 0.15) is 18.7 Å². The number of carbonyl (C=O) groups excluding carboxylic acids is 1. The van der Waals surface area contributed by atoms with Gasteiger partial charge in [0.2, 0.25) is 0 Å². The zero-order chi connectivity index (χ0) is 10.0. The molecule has 0 aromatic carbocycles. The fourth-order valence-electron chi connectivity index (χ4n) is 1.09. The van der Waals surface area contributed by atoms with Crippen LogP contribution >= 0.6 is 0 Å². The summed E-state index contributed by atoms with van der Waals surface area (Å²) in [7, 11) is 1.77. The maximum atomic E-state index is 10.6. The molecule has 1 aromatic rings. The normalized spacial score (nSPS) is 12.5. The van der Waals surface area contributed by atoms with E-state index in [0.29, 0.717) is 10.8 Å². The van der Waals surface area contributed by atoms with Gasteiger partial charge in [-0.15, -0.1) is 0 Å². The highest BCUT2D eigenvalue weighted by Crippen LogP contribution is 2.16. The molecule has 1 aromatic heterocycles. The van der Waals surface area contributed by atoms with Crippen LogP contribution in [0.25, 0.3) is 0 Å². The second-order valence-electron chi connectivity index (χ2n) is 2.79. The third-order valence-electron chi connectivity index (χ3n) is 1.87. The van der Waals surface area contributed by atoms with E-state index in [0.717, 1.165) is 0 Å². The number of amides is 2. The van der Waals surface area contributed by atoms with Crippen LogP contribution in [0, 0.1) is 0 Å². The number of urea groups is 1. The van der Waals surface area contributed by atoms with Gasteiger partial charge in [-0.2, -0.15) is 5.06 Å². The number of aromatic nitrogens is 2. The van der Waals surface area contributed by atoms with Crippen molar-refractivity contribution >= 4 is 6.03 Å². The van der Waals surface area contributed by atoms with Crippen molar-refractivity contribution in [3.63, 3.8) is 0 Å². The van der Waals surface area contributed by atoms with Gasteiger partial charge in [0.25, 0.3) is 0 Å². The lowest BCUT2D eigenvalue weighted by molar-refractivity contribution is -0.0727. The maximum Gasteiger partial charge on any atom is 0.339 e. The van der Waals surface area contributed by atoms with E-state index in [2.05, 4.69) is 4.98 Å². The average molecular weight is 184 g/mol. The lowest BCUT2D eigenvalue weighted by Gasteiger charge is -2.20. The van der Waals surface area contributed by atoms with Crippen molar-refractivity contribution in [1.82, 2.24) is 14.6 Å². The van der Waals surface area contributed by atoms with Crippen molar-refractivity contribution in [3.05, 3.63) is 18.2 Å². The van der Waals surface area contributed by atoms with Crippen molar-refractivity contribution in [1.29, 1.82) is 0 Å². The Morgan fingerprint density at radius 1 is 1.85 bits per heavy atom. The minimum atomic E-state index is -0.881. The highest BCUT2D eigenvalue weighted by molar-refractivity contribution is 5.71. The number of imidazole rings is 1. The van der Waals surface area contributed by atoms with Gasteiger partial charge in [0.15, 0.2) is 0 Å². The van der Waals surface area contributed by atoms with Gasteiger partial charge in [-0.05, 0) is 6.92 Å². The number of nitrogens with zero attached hydrogens (tertiary/aromatic N) is 3. The molecule has 1 heterocycles. The average Bonchev–Trinajstić information content (AvgIpc) is 2.48. The second-order valence-corrected chi connectivity index (χ2v) is 2.79. The van der Waals surface area contributed by atoms with Gasteiger partial charge in [0.1, 0.15) is 0 Å². The van der Waals surface area contributed by atoms with E-state index in [-0.39, 0.29) is 0 Å². The number of hydroxylamine groups is 2. The zero-order valence-electron chi connectivity index (χ0n) is 7.51. The standard InChI is InChI=1S/C7H12N4O2/c1-5(11(13)7(8)12)6-3-9-4-10(6)2/h3-5,13H,1-2H3,(H2,8,12). The van der Waals surface area contributed by atoms with Crippen LogP contribution in [0.15, 0.2) is 12.5 Å². The maximum absolute atomic E-state index is 10.6. The second kappa shape index (κ2) is 3.44. The van der Waals surface area contributed by atoms with E-state index in [9.17, 15) is 10.0 Å². The van der Waals surface area contributed by atoms with E-state index in [1.807, 2.05) is 0 Å². The van der Waals surface area contributed by atoms with E-state index >= 15 is 0 Å². The SMILES string of the molecule is CC(c1cncn1C)N(O)C(N)=O. The van der Waals surface area contributed by atoms with E-state index in [1.54, 1.807) is 31.1 Å². The number of hydrogen-bond donors (Lipinski definition) is 2. The molecule has 0 spiro atoms. The molecule has 0 fully saturated rings. The Morgan fingerprint density at radius 2 is 2.46 bits per heavy atom. The highest BCUT2D eigenvalue weighted by atomic mass is 16.5. The van der Waals surface area contributed by atoms with Crippen molar-refractivity contribution in [3.8, 4) is 0 Å². The zero-order valence-corrected chi connectivity index (χ0v) is 7.51. The molecule has 6 nitrogen and oxygen atoms in total. The topological polar surface area (TPSA) is 84.4 Å². The third-order valence-corrected chi connectivity index (χ3v) is 1.87. The van der Waals surface area contributed by atoms with Crippen LogP contribution in [0.3, 0.4) is 0 Å². The van der Waals surface area contributed by atoms with Gasteiger partial charge >= 0.3 is 6.03 Å². The van der Waals surface area contributed by atoms with Gasteiger partial charge in [0, 0.05) is 7.05 Å². The van der Waals surface area contributed by atoms with Crippen LogP contribution in [0.5, 0.6) is 0 Å². The smallest absolute Gasteiger partial charge is 0.339 e. The van der Waals surface area contributed by atoms with Crippen molar-refractivity contribution < 1.29 is 10.0 Å². The number of carbonyl (C=O) groups is 1. The fourth-order valence-corrected chi connectivity index (χ4v) is 1.09. The van der Waals surface area contributed by atoms with Gasteiger partial charge < -0.3 is 10.3 Å². The summed E-state index contributed by atoms with van der Waals surface area (Å²) in [5, 5.41) is 9.68. The minimum absolute atomic E-state index is 0.469. The van der Waals surface area contributed by atoms with Crippen LogP contribution in [-0.2, 0) is 7.05 Å². The van der Waals surface area contributed by atoms with Crippen LogP contribution < -0.4 is 5.73 Å². The molecule has 0 aliphatic rings. The number of aryl methyl sites for hydroxylation is 1. The summed E-state index contributed by atoms with van der Waals surface area (Å²) in [5.74, 6) is 0. The Labute approximate surface area is 75.5 Å². The van der Waals surface area contributed by atoms with Gasteiger partial charge in [0.05, 0.1) is 24.3 Å². The van der Waals surface area contributed by atoms with Crippen molar-refractivity contribution in [2.75, 3.05) is 0 Å². The van der Waals surface area contributed by atoms with E-state index < -0.39 is 12.1 Å². The summed E-state index contributed by atoms with van der Waals surface area (Å²) >= 11 is 0. The summed E-state index contributed by atoms with van der Waals surface area (Å²) < 4.78 is 1.71. The molecule has 0 bridgehead atoms. The molecular weight excluding hydrogens is 172 g/mol. The molecule has 72 valence electrons. The predicted molar refractivity (Wildman–Crippen MR) is 44.8 cm³/mol. The Kier molecular flexibility index (Phi) is 2.52. The van der Waals surface area contributed by atoms with Crippen molar-refractivity contribution in [2.24, 2.45) is 12.8 Å². The van der Waals surface area contributed by atoms with E-state index in [1.165, 1.54) is 0 Å². The Hall–Kier alpha value is -1.56. The molecule has 0 saturated heterocycles. The molecule has 3 N–H and O–H groups in total. The number of primary amides is 1. The molecular formula is C7H12N4O2. The van der Waals surface area contributed by atoms with Gasteiger partial charge in [-0.25, -0.2) is 9.78 Å². The molecule has 6 heteroatoms. The van der Waals surface area contributed by atoms with Crippen LogP contribution in [0.2, 0.25) is 0 Å². The van der Waals surface area contributed by atoms with Crippen LogP contribution in [0.4, 0.5) is 4.79 Å². The predicted octanol–water partition coefficient (Wildman–Crippen LogP) is 0.251. The third kappa shape index (κ3) is 1.78. The van der Waals surface area contributed by atoms with E-state index in [4.69, 9.17) is 5.73 Å². The molecule has 0 aliphatic heterocycles. The first-order chi connectivity index (χ1) is 6.04. The largest absolute Gasteiger partial charge is 0.350 e. The number of nitrogens with two attached hydrogens (primary N) is 1. The highest BCUT2D eigenvalue weighted by Gasteiger charge is 2.19. The minimum Gasteiger partial charge on any atom is -0.350 e. The monoisotopic (exact) mass is 184 g/mol. The summed E-state index contributed by atoms with van der Waals surface area (Å²) in [4.78, 5) is 14.5. The molecule has 1 rings (SSSR count). The Morgan fingerprint density at radius 3 is 2.85 bits per heavy atom. The molecule has 0 aliphatic carbocycles. The first-order valence-corrected chi connectivity index (χ1v) is 3.77. The van der Waals surface area contributed by atoms with Gasteiger partial charge in [-0.3, -0.25) is 5.21 Å². The summed E-state index contributed by atoms with van der Waals surface area (Å²) in [5.41, 5.74) is 5.61.